The molecule has 0 aliphatic heterocycles. The summed E-state index contributed by atoms with van der Waals surface area (Å²) in [5.74, 6) is 0.740. The summed E-state index contributed by atoms with van der Waals surface area (Å²) < 4.78 is 3.11. The molecule has 98 valence electrons. The minimum Gasteiger partial charge on any atom is -0.298 e. The van der Waals surface area contributed by atoms with E-state index in [-0.39, 0.29) is 0 Å². The number of aromatic nitrogens is 2. The number of hydrogen-bond donors (Lipinski definition) is 0. The van der Waals surface area contributed by atoms with Crippen molar-refractivity contribution in [2.75, 3.05) is 7.05 Å². The Labute approximate surface area is 113 Å². The zero-order valence-electron chi connectivity index (χ0n) is 11.8. The Bertz CT molecular complexity index is 371. The van der Waals surface area contributed by atoms with Gasteiger partial charge in [0, 0.05) is 19.6 Å². The summed E-state index contributed by atoms with van der Waals surface area (Å²) in [4.78, 5) is 2.39. The molecule has 1 aromatic heterocycles. The molecule has 0 N–H and O–H groups in total. The third kappa shape index (κ3) is 3.81. The molecule has 0 bridgehead atoms. The van der Waals surface area contributed by atoms with E-state index < -0.39 is 0 Å². The fraction of sp³-hybridized carbons (Fsp3) is 0.769. The van der Waals surface area contributed by atoms with Crippen molar-refractivity contribution in [1.82, 2.24) is 14.7 Å². The second-order valence-corrected chi connectivity index (χ2v) is 6.16. The van der Waals surface area contributed by atoms with Crippen LogP contribution in [0.3, 0.4) is 0 Å². The lowest BCUT2D eigenvalue weighted by Gasteiger charge is -2.26. The maximum Gasteiger partial charge on any atom is 0.0739 e. The molecule has 0 aliphatic carbocycles. The smallest absolute Gasteiger partial charge is 0.0739 e. The van der Waals surface area contributed by atoms with Crippen molar-refractivity contribution in [1.29, 1.82) is 0 Å². The molecule has 3 nitrogen and oxygen atoms in total. The third-order valence-corrected chi connectivity index (χ3v) is 4.26. The van der Waals surface area contributed by atoms with Crippen LogP contribution in [0, 0.1) is 12.8 Å². The van der Waals surface area contributed by atoms with Crippen LogP contribution >= 0.6 is 15.9 Å². The van der Waals surface area contributed by atoms with Crippen molar-refractivity contribution in [3.05, 3.63) is 15.9 Å². The van der Waals surface area contributed by atoms with Crippen LogP contribution in [0.4, 0.5) is 0 Å². The van der Waals surface area contributed by atoms with Gasteiger partial charge in [0.25, 0.3) is 0 Å². The molecule has 17 heavy (non-hydrogen) atoms. The lowest BCUT2D eigenvalue weighted by Crippen LogP contribution is -2.30. The average molecular weight is 302 g/mol. The Kier molecular flexibility index (Phi) is 5.20. The summed E-state index contributed by atoms with van der Waals surface area (Å²) in [5.41, 5.74) is 2.31. The van der Waals surface area contributed by atoms with Gasteiger partial charge in [-0.1, -0.05) is 13.8 Å². The topological polar surface area (TPSA) is 21.1 Å². The molecule has 0 aromatic carbocycles. The molecule has 0 saturated carbocycles. The molecule has 0 radical (unpaired) electrons. The van der Waals surface area contributed by atoms with E-state index in [0.29, 0.717) is 6.04 Å². The van der Waals surface area contributed by atoms with Crippen molar-refractivity contribution in [3.8, 4) is 0 Å². The van der Waals surface area contributed by atoms with Gasteiger partial charge in [0.05, 0.1) is 15.9 Å². The quantitative estimate of drug-likeness (QED) is 0.831. The van der Waals surface area contributed by atoms with Crippen LogP contribution in [0.15, 0.2) is 4.47 Å². The van der Waals surface area contributed by atoms with E-state index in [1.165, 1.54) is 12.1 Å². The van der Waals surface area contributed by atoms with Gasteiger partial charge in [-0.3, -0.25) is 9.58 Å². The number of nitrogens with zero attached hydrogens (tertiary/aromatic N) is 3. The van der Waals surface area contributed by atoms with E-state index >= 15 is 0 Å². The van der Waals surface area contributed by atoms with Crippen LogP contribution < -0.4 is 0 Å². The lowest BCUT2D eigenvalue weighted by molar-refractivity contribution is 0.215. The molecule has 1 atom stereocenters. The van der Waals surface area contributed by atoms with E-state index in [0.717, 1.165) is 22.6 Å². The van der Waals surface area contributed by atoms with Gasteiger partial charge in [0.2, 0.25) is 0 Å². The SMILES string of the molecule is Cc1nn(C)c(CN(C)C(C)CC(C)C)c1Br. The monoisotopic (exact) mass is 301 g/mol. The molecule has 4 heteroatoms. The molecule has 1 unspecified atom stereocenters. The fourth-order valence-electron chi connectivity index (χ4n) is 2.11. The van der Waals surface area contributed by atoms with E-state index in [9.17, 15) is 0 Å². The van der Waals surface area contributed by atoms with E-state index in [1.807, 2.05) is 18.7 Å². The van der Waals surface area contributed by atoms with Crippen LogP contribution in [-0.4, -0.2) is 27.8 Å². The number of hydrogen-bond acceptors (Lipinski definition) is 2. The Morgan fingerprint density at radius 1 is 1.35 bits per heavy atom. The van der Waals surface area contributed by atoms with Gasteiger partial charge in [-0.05, 0) is 49.2 Å². The fourth-order valence-corrected chi connectivity index (χ4v) is 2.57. The van der Waals surface area contributed by atoms with Crippen molar-refractivity contribution in [2.24, 2.45) is 13.0 Å². The van der Waals surface area contributed by atoms with E-state index in [4.69, 9.17) is 0 Å². The molecule has 1 rings (SSSR count). The summed E-state index contributed by atoms with van der Waals surface area (Å²) in [6.07, 6.45) is 1.23. The number of rotatable bonds is 5. The van der Waals surface area contributed by atoms with Gasteiger partial charge < -0.3 is 0 Å². The predicted molar refractivity (Wildman–Crippen MR) is 76.0 cm³/mol. The van der Waals surface area contributed by atoms with Gasteiger partial charge in [0.15, 0.2) is 0 Å². The number of aryl methyl sites for hydroxylation is 2. The van der Waals surface area contributed by atoms with Crippen molar-refractivity contribution in [3.63, 3.8) is 0 Å². The predicted octanol–water partition coefficient (Wildman–Crippen LogP) is 3.36. The highest BCUT2D eigenvalue weighted by Crippen LogP contribution is 2.22. The summed E-state index contributed by atoms with van der Waals surface area (Å²) >= 11 is 3.62. The maximum atomic E-state index is 4.43. The highest BCUT2D eigenvalue weighted by atomic mass is 79.9. The van der Waals surface area contributed by atoms with Crippen molar-refractivity contribution >= 4 is 15.9 Å². The first kappa shape index (κ1) is 14.7. The molecule has 1 heterocycles. The highest BCUT2D eigenvalue weighted by Gasteiger charge is 2.16. The standard InChI is InChI=1S/C13H24BrN3/c1-9(2)7-10(3)16(5)8-12-13(14)11(4)15-17(12)6/h9-10H,7-8H2,1-6H3. The molecular weight excluding hydrogens is 278 g/mol. The normalized spacial score (nSPS) is 13.7. The molecule has 0 saturated heterocycles. The minimum atomic E-state index is 0.595. The maximum absolute atomic E-state index is 4.43. The van der Waals surface area contributed by atoms with Crippen LogP contribution in [0.1, 0.15) is 38.6 Å². The lowest BCUT2D eigenvalue weighted by atomic mass is 10.0. The van der Waals surface area contributed by atoms with E-state index in [2.05, 4.69) is 53.7 Å². The van der Waals surface area contributed by atoms with Gasteiger partial charge in [-0.2, -0.15) is 5.10 Å². The third-order valence-electron chi connectivity index (χ3n) is 3.23. The molecule has 1 aromatic rings. The summed E-state index contributed by atoms with van der Waals surface area (Å²) in [6.45, 7) is 9.80. The van der Waals surface area contributed by atoms with Crippen molar-refractivity contribution in [2.45, 2.75) is 46.7 Å². The molecule has 0 fully saturated rings. The zero-order valence-corrected chi connectivity index (χ0v) is 13.4. The largest absolute Gasteiger partial charge is 0.298 e. The molecule has 0 amide bonds. The second-order valence-electron chi connectivity index (χ2n) is 5.36. The first-order valence-electron chi connectivity index (χ1n) is 6.21. The summed E-state index contributed by atoms with van der Waals surface area (Å²) in [7, 11) is 4.19. The Morgan fingerprint density at radius 2 is 1.94 bits per heavy atom. The molecule has 0 aliphatic rings. The van der Waals surface area contributed by atoms with Crippen LogP contribution in [0.25, 0.3) is 0 Å². The average Bonchev–Trinajstić information content (AvgIpc) is 2.44. The zero-order chi connectivity index (χ0) is 13.2. The van der Waals surface area contributed by atoms with Gasteiger partial charge >= 0.3 is 0 Å². The summed E-state index contributed by atoms with van der Waals surface area (Å²) in [5, 5.41) is 4.43. The molecule has 0 spiro atoms. The van der Waals surface area contributed by atoms with Crippen LogP contribution in [0.2, 0.25) is 0 Å². The van der Waals surface area contributed by atoms with Gasteiger partial charge in [-0.25, -0.2) is 0 Å². The Balaban J connectivity index is 2.70. The summed E-state index contributed by atoms with van der Waals surface area (Å²) in [6, 6.07) is 0.595. The first-order valence-corrected chi connectivity index (χ1v) is 7.00. The van der Waals surface area contributed by atoms with Crippen molar-refractivity contribution < 1.29 is 0 Å². The van der Waals surface area contributed by atoms with Crippen LogP contribution in [-0.2, 0) is 13.6 Å². The van der Waals surface area contributed by atoms with Crippen LogP contribution in [0.5, 0.6) is 0 Å². The van der Waals surface area contributed by atoms with E-state index in [1.54, 1.807) is 0 Å². The van der Waals surface area contributed by atoms with Gasteiger partial charge in [-0.15, -0.1) is 0 Å². The highest BCUT2D eigenvalue weighted by molar-refractivity contribution is 9.10. The molecular formula is C13H24BrN3. The minimum absolute atomic E-state index is 0.595. The number of halogens is 1. The Hall–Kier alpha value is -0.350. The second kappa shape index (κ2) is 6.01. The Morgan fingerprint density at radius 3 is 2.35 bits per heavy atom. The van der Waals surface area contributed by atoms with Gasteiger partial charge in [0.1, 0.15) is 0 Å². The first-order chi connectivity index (χ1) is 7.82.